The lowest BCUT2D eigenvalue weighted by Crippen LogP contribution is -2.30. The molecule has 8 nitrogen and oxygen atoms in total. The largest absolute Gasteiger partial charge is 0.504 e. The van der Waals surface area contributed by atoms with Crippen molar-refractivity contribution < 1.29 is 29.0 Å². The van der Waals surface area contributed by atoms with Gasteiger partial charge in [0.25, 0.3) is 5.91 Å². The average Bonchev–Trinajstić information content (AvgIpc) is 2.62. The smallest absolute Gasteiger partial charge is 0.342 e. The number of phenols is 1. The van der Waals surface area contributed by atoms with Gasteiger partial charge in [0.05, 0.1) is 7.11 Å². The second-order valence-electron chi connectivity index (χ2n) is 5.65. The van der Waals surface area contributed by atoms with Crippen LogP contribution in [0.4, 0.5) is 11.4 Å². The van der Waals surface area contributed by atoms with E-state index in [1.54, 1.807) is 24.3 Å². The zero-order chi connectivity index (χ0) is 20.0. The number of amides is 2. The van der Waals surface area contributed by atoms with Gasteiger partial charge in [-0.1, -0.05) is 6.07 Å². The van der Waals surface area contributed by atoms with E-state index in [1.165, 1.54) is 39.2 Å². The highest BCUT2D eigenvalue weighted by Crippen LogP contribution is 2.30. The molecule has 0 bridgehead atoms. The number of para-hydroxylation sites is 1. The summed E-state index contributed by atoms with van der Waals surface area (Å²) in [6.07, 6.45) is -1.10. The van der Waals surface area contributed by atoms with Crippen molar-refractivity contribution in [1.82, 2.24) is 0 Å². The maximum Gasteiger partial charge on any atom is 0.342 e. The molecule has 0 aliphatic heterocycles. The van der Waals surface area contributed by atoms with Gasteiger partial charge in [-0.05, 0) is 43.3 Å². The molecule has 0 aliphatic rings. The Kier molecular flexibility index (Phi) is 6.37. The minimum Gasteiger partial charge on any atom is -0.504 e. The van der Waals surface area contributed by atoms with Gasteiger partial charge in [0, 0.05) is 18.3 Å². The molecule has 0 spiro atoms. The summed E-state index contributed by atoms with van der Waals surface area (Å²) in [5, 5.41) is 15.2. The van der Waals surface area contributed by atoms with Crippen molar-refractivity contribution in [2.45, 2.75) is 20.0 Å². The summed E-state index contributed by atoms with van der Waals surface area (Å²) in [5.74, 6) is -1.83. The highest BCUT2D eigenvalue weighted by molar-refractivity contribution is 5.99. The molecule has 0 heterocycles. The minimum absolute atomic E-state index is 0.103. The first-order valence-corrected chi connectivity index (χ1v) is 8.07. The number of ether oxygens (including phenoxy) is 2. The van der Waals surface area contributed by atoms with Crippen molar-refractivity contribution in [3.63, 3.8) is 0 Å². The van der Waals surface area contributed by atoms with Gasteiger partial charge in [-0.3, -0.25) is 9.59 Å². The topological polar surface area (TPSA) is 114 Å². The van der Waals surface area contributed by atoms with E-state index in [0.717, 1.165) is 0 Å². The summed E-state index contributed by atoms with van der Waals surface area (Å²) >= 11 is 0. The standard InChI is InChI=1S/C19H20N2O6/c1-11(27-19(25)15-5-4-6-16(26-3)17(15)23)18(24)21-14-9-7-13(8-10-14)20-12(2)22/h4-11,23H,1-3H3,(H,20,22)(H,21,24). The van der Waals surface area contributed by atoms with Crippen LogP contribution in [0, 0.1) is 0 Å². The van der Waals surface area contributed by atoms with E-state index in [0.29, 0.717) is 11.4 Å². The van der Waals surface area contributed by atoms with Crippen molar-refractivity contribution in [1.29, 1.82) is 0 Å². The monoisotopic (exact) mass is 372 g/mol. The third kappa shape index (κ3) is 5.21. The van der Waals surface area contributed by atoms with Crippen LogP contribution in [0.25, 0.3) is 0 Å². The van der Waals surface area contributed by atoms with E-state index in [9.17, 15) is 19.5 Å². The van der Waals surface area contributed by atoms with E-state index in [1.807, 2.05) is 0 Å². The molecule has 2 aromatic rings. The fourth-order valence-electron chi connectivity index (χ4n) is 2.21. The van der Waals surface area contributed by atoms with Crippen LogP contribution in [-0.2, 0) is 14.3 Å². The third-order valence-corrected chi connectivity index (χ3v) is 3.56. The molecule has 27 heavy (non-hydrogen) atoms. The van der Waals surface area contributed by atoms with Gasteiger partial charge in [-0.25, -0.2) is 4.79 Å². The van der Waals surface area contributed by atoms with Gasteiger partial charge in [-0.2, -0.15) is 0 Å². The van der Waals surface area contributed by atoms with Crippen molar-refractivity contribution in [3.8, 4) is 11.5 Å². The minimum atomic E-state index is -1.10. The van der Waals surface area contributed by atoms with E-state index >= 15 is 0 Å². The molecule has 8 heteroatoms. The molecule has 3 N–H and O–H groups in total. The first-order chi connectivity index (χ1) is 12.8. The molecule has 0 radical (unpaired) electrons. The summed E-state index contributed by atoms with van der Waals surface area (Å²) in [4.78, 5) is 35.4. The number of anilines is 2. The van der Waals surface area contributed by atoms with Crippen LogP contribution in [0.1, 0.15) is 24.2 Å². The Bertz CT molecular complexity index is 848. The highest BCUT2D eigenvalue weighted by Gasteiger charge is 2.22. The molecular formula is C19H20N2O6. The van der Waals surface area contributed by atoms with Crippen LogP contribution in [0.15, 0.2) is 42.5 Å². The molecule has 2 aromatic carbocycles. The van der Waals surface area contributed by atoms with Crippen LogP contribution >= 0.6 is 0 Å². The zero-order valence-corrected chi connectivity index (χ0v) is 15.1. The van der Waals surface area contributed by atoms with Crippen molar-refractivity contribution >= 4 is 29.2 Å². The number of carbonyl (C=O) groups is 3. The summed E-state index contributed by atoms with van der Waals surface area (Å²) < 4.78 is 10.0. The van der Waals surface area contributed by atoms with Crippen LogP contribution in [0.5, 0.6) is 11.5 Å². The first kappa shape index (κ1) is 19.8. The number of hydrogen-bond donors (Lipinski definition) is 3. The van der Waals surface area contributed by atoms with E-state index in [-0.39, 0.29) is 23.0 Å². The van der Waals surface area contributed by atoms with Gasteiger partial charge in [0.2, 0.25) is 5.91 Å². The van der Waals surface area contributed by atoms with Crippen molar-refractivity contribution in [2.24, 2.45) is 0 Å². The number of phenolic OH excluding ortho intramolecular Hbond substituents is 1. The fourth-order valence-corrected chi connectivity index (χ4v) is 2.21. The quantitative estimate of drug-likeness (QED) is 0.672. The number of methoxy groups -OCH3 is 1. The number of carbonyl (C=O) groups excluding carboxylic acids is 3. The Morgan fingerprint density at radius 2 is 1.59 bits per heavy atom. The number of hydrogen-bond acceptors (Lipinski definition) is 6. The number of aromatic hydroxyl groups is 1. The summed E-state index contributed by atoms with van der Waals surface area (Å²) in [7, 11) is 1.36. The van der Waals surface area contributed by atoms with Crippen LogP contribution in [0.3, 0.4) is 0 Å². The molecule has 0 aromatic heterocycles. The molecule has 0 fully saturated rings. The van der Waals surface area contributed by atoms with E-state index in [4.69, 9.17) is 9.47 Å². The molecular weight excluding hydrogens is 352 g/mol. The second kappa shape index (κ2) is 8.70. The Hall–Kier alpha value is -3.55. The lowest BCUT2D eigenvalue weighted by molar-refractivity contribution is -0.123. The molecule has 142 valence electrons. The molecule has 0 saturated carbocycles. The van der Waals surface area contributed by atoms with Crippen LogP contribution in [0.2, 0.25) is 0 Å². The molecule has 1 atom stereocenters. The second-order valence-corrected chi connectivity index (χ2v) is 5.65. The van der Waals surface area contributed by atoms with Crippen LogP contribution in [-0.4, -0.2) is 36.1 Å². The maximum atomic E-state index is 12.2. The maximum absolute atomic E-state index is 12.2. The molecule has 0 saturated heterocycles. The van der Waals surface area contributed by atoms with E-state index < -0.39 is 18.0 Å². The lowest BCUT2D eigenvalue weighted by atomic mass is 10.2. The Labute approximate surface area is 156 Å². The Balaban J connectivity index is 1.99. The highest BCUT2D eigenvalue weighted by atomic mass is 16.5. The number of esters is 1. The average molecular weight is 372 g/mol. The predicted molar refractivity (Wildman–Crippen MR) is 98.9 cm³/mol. The van der Waals surface area contributed by atoms with Gasteiger partial charge in [0.1, 0.15) is 5.56 Å². The number of rotatable bonds is 6. The molecule has 2 amide bonds. The lowest BCUT2D eigenvalue weighted by Gasteiger charge is -2.15. The van der Waals surface area contributed by atoms with Gasteiger partial charge in [-0.15, -0.1) is 0 Å². The third-order valence-electron chi connectivity index (χ3n) is 3.56. The Morgan fingerprint density at radius 1 is 1.00 bits per heavy atom. The normalized spacial score (nSPS) is 11.2. The van der Waals surface area contributed by atoms with Gasteiger partial charge in [0.15, 0.2) is 17.6 Å². The SMILES string of the molecule is COc1cccc(C(=O)OC(C)C(=O)Nc2ccc(NC(C)=O)cc2)c1O. The van der Waals surface area contributed by atoms with Crippen molar-refractivity contribution in [3.05, 3.63) is 48.0 Å². The summed E-state index contributed by atoms with van der Waals surface area (Å²) in [6.45, 7) is 2.81. The van der Waals surface area contributed by atoms with Gasteiger partial charge >= 0.3 is 5.97 Å². The first-order valence-electron chi connectivity index (χ1n) is 8.07. The predicted octanol–water partition coefficient (Wildman–Crippen LogP) is 2.54. The van der Waals surface area contributed by atoms with Crippen molar-refractivity contribution in [2.75, 3.05) is 17.7 Å². The molecule has 1 unspecified atom stereocenters. The molecule has 2 rings (SSSR count). The number of benzene rings is 2. The van der Waals surface area contributed by atoms with E-state index in [2.05, 4.69) is 10.6 Å². The zero-order valence-electron chi connectivity index (χ0n) is 15.1. The summed E-state index contributed by atoms with van der Waals surface area (Å²) in [6, 6.07) is 10.8. The van der Waals surface area contributed by atoms with Gasteiger partial charge < -0.3 is 25.2 Å². The summed E-state index contributed by atoms with van der Waals surface area (Å²) in [5.41, 5.74) is 0.961. The van der Waals surface area contributed by atoms with Crippen LogP contribution < -0.4 is 15.4 Å². The Morgan fingerprint density at radius 3 is 2.15 bits per heavy atom. The number of nitrogens with one attached hydrogen (secondary N) is 2. The fraction of sp³-hybridized carbons (Fsp3) is 0.211. The molecule has 0 aliphatic carbocycles.